The van der Waals surface area contributed by atoms with Crippen molar-refractivity contribution in [2.75, 3.05) is 23.7 Å². The third kappa shape index (κ3) is 4.70. The van der Waals surface area contributed by atoms with Crippen molar-refractivity contribution in [3.8, 4) is 0 Å². The predicted octanol–water partition coefficient (Wildman–Crippen LogP) is 3.40. The Labute approximate surface area is 124 Å². The molecule has 5 heteroatoms. The van der Waals surface area contributed by atoms with Gasteiger partial charge in [-0.1, -0.05) is 25.1 Å². The van der Waals surface area contributed by atoms with Gasteiger partial charge in [-0.15, -0.1) is 0 Å². The summed E-state index contributed by atoms with van der Waals surface area (Å²) < 4.78 is 13.5. The molecule has 1 aromatic heterocycles. The monoisotopic (exact) mass is 288 g/mol. The first-order chi connectivity index (χ1) is 10.2. The van der Waals surface area contributed by atoms with Gasteiger partial charge in [0, 0.05) is 24.8 Å². The number of benzene rings is 1. The maximum absolute atomic E-state index is 13.5. The summed E-state index contributed by atoms with van der Waals surface area (Å²) in [6.07, 6.45) is 1.64. The molecule has 0 saturated heterocycles. The number of nitrogens with zero attached hydrogens (tertiary/aromatic N) is 2. The van der Waals surface area contributed by atoms with Gasteiger partial charge >= 0.3 is 0 Å². The summed E-state index contributed by atoms with van der Waals surface area (Å²) in [5, 5.41) is 6.39. The molecule has 2 N–H and O–H groups in total. The van der Waals surface area contributed by atoms with E-state index < -0.39 is 0 Å². The van der Waals surface area contributed by atoms with Crippen LogP contribution in [0.15, 0.2) is 30.3 Å². The van der Waals surface area contributed by atoms with Gasteiger partial charge in [-0.2, -0.15) is 4.98 Å². The van der Waals surface area contributed by atoms with E-state index in [1.165, 1.54) is 6.07 Å². The molecule has 0 spiro atoms. The van der Waals surface area contributed by atoms with E-state index in [4.69, 9.17) is 0 Å². The Morgan fingerprint density at radius 2 is 1.90 bits per heavy atom. The molecule has 0 aliphatic heterocycles. The molecule has 0 atom stereocenters. The van der Waals surface area contributed by atoms with E-state index in [9.17, 15) is 4.39 Å². The average molecular weight is 288 g/mol. The maximum atomic E-state index is 13.5. The van der Waals surface area contributed by atoms with Gasteiger partial charge in [-0.3, -0.25) is 0 Å². The van der Waals surface area contributed by atoms with Crippen molar-refractivity contribution < 1.29 is 4.39 Å². The second-order valence-corrected chi connectivity index (χ2v) is 4.91. The zero-order valence-corrected chi connectivity index (χ0v) is 12.5. The van der Waals surface area contributed by atoms with Gasteiger partial charge < -0.3 is 10.6 Å². The predicted molar refractivity (Wildman–Crippen MR) is 84.1 cm³/mol. The summed E-state index contributed by atoms with van der Waals surface area (Å²) in [7, 11) is 0. The first kappa shape index (κ1) is 15.2. The van der Waals surface area contributed by atoms with Crippen molar-refractivity contribution >= 4 is 11.8 Å². The van der Waals surface area contributed by atoms with Gasteiger partial charge in [0.05, 0.1) is 0 Å². The van der Waals surface area contributed by atoms with Crippen molar-refractivity contribution in [3.63, 3.8) is 0 Å². The van der Waals surface area contributed by atoms with Crippen LogP contribution in [0.2, 0.25) is 0 Å². The molecule has 4 nitrogen and oxygen atoms in total. The van der Waals surface area contributed by atoms with Crippen LogP contribution in [-0.2, 0) is 6.42 Å². The Bertz CT molecular complexity index is 586. The van der Waals surface area contributed by atoms with E-state index in [-0.39, 0.29) is 5.82 Å². The highest BCUT2D eigenvalue weighted by Gasteiger charge is 2.03. The quantitative estimate of drug-likeness (QED) is 0.820. The lowest BCUT2D eigenvalue weighted by atomic mass is 10.1. The van der Waals surface area contributed by atoms with Gasteiger partial charge in [-0.25, -0.2) is 9.37 Å². The maximum Gasteiger partial charge on any atom is 0.224 e. The number of hydrogen-bond acceptors (Lipinski definition) is 4. The number of aryl methyl sites for hydroxylation is 1. The van der Waals surface area contributed by atoms with Gasteiger partial charge in [0.1, 0.15) is 11.6 Å². The topological polar surface area (TPSA) is 49.8 Å². The Morgan fingerprint density at radius 3 is 2.67 bits per heavy atom. The zero-order valence-electron chi connectivity index (χ0n) is 12.5. The first-order valence-electron chi connectivity index (χ1n) is 7.26. The number of rotatable bonds is 7. The lowest BCUT2D eigenvalue weighted by Gasteiger charge is -2.09. The van der Waals surface area contributed by atoms with Gasteiger partial charge in [0.2, 0.25) is 5.95 Å². The van der Waals surface area contributed by atoms with Crippen LogP contribution in [0.5, 0.6) is 0 Å². The van der Waals surface area contributed by atoms with Gasteiger partial charge in [0.15, 0.2) is 0 Å². The molecule has 0 aliphatic carbocycles. The Hall–Kier alpha value is -2.17. The fraction of sp³-hybridized carbons (Fsp3) is 0.375. The molecule has 0 amide bonds. The lowest BCUT2D eigenvalue weighted by molar-refractivity contribution is 0.610. The minimum absolute atomic E-state index is 0.163. The van der Waals surface area contributed by atoms with Gasteiger partial charge in [0.25, 0.3) is 0 Å². The van der Waals surface area contributed by atoms with Gasteiger partial charge in [-0.05, 0) is 31.4 Å². The lowest BCUT2D eigenvalue weighted by Crippen LogP contribution is -2.11. The molecule has 0 fully saturated rings. The van der Waals surface area contributed by atoms with Crippen LogP contribution in [0.4, 0.5) is 16.2 Å². The number of nitrogens with one attached hydrogen (secondary N) is 2. The van der Waals surface area contributed by atoms with Crippen LogP contribution in [-0.4, -0.2) is 23.1 Å². The molecule has 1 aromatic carbocycles. The molecule has 2 aromatic rings. The van der Waals surface area contributed by atoms with Crippen LogP contribution < -0.4 is 10.6 Å². The second kappa shape index (κ2) is 7.57. The normalized spacial score (nSPS) is 10.4. The number of anilines is 2. The molecular formula is C16H21FN4. The summed E-state index contributed by atoms with van der Waals surface area (Å²) in [6, 6.07) is 8.72. The van der Waals surface area contributed by atoms with Crippen molar-refractivity contribution in [1.29, 1.82) is 0 Å². The molecule has 0 aliphatic rings. The third-order valence-electron chi connectivity index (χ3n) is 3.05. The highest BCUT2D eigenvalue weighted by molar-refractivity contribution is 5.42. The largest absolute Gasteiger partial charge is 0.370 e. The number of halogens is 1. The first-order valence-corrected chi connectivity index (χ1v) is 7.26. The Morgan fingerprint density at radius 1 is 1.10 bits per heavy atom. The fourth-order valence-corrected chi connectivity index (χ4v) is 2.00. The van der Waals surface area contributed by atoms with E-state index in [2.05, 4.69) is 27.5 Å². The minimum atomic E-state index is -0.163. The second-order valence-electron chi connectivity index (χ2n) is 4.91. The van der Waals surface area contributed by atoms with Crippen molar-refractivity contribution in [1.82, 2.24) is 9.97 Å². The van der Waals surface area contributed by atoms with Crippen molar-refractivity contribution in [2.24, 2.45) is 0 Å². The Balaban J connectivity index is 1.93. The average Bonchev–Trinajstić information content (AvgIpc) is 2.47. The summed E-state index contributed by atoms with van der Waals surface area (Å²) >= 11 is 0. The van der Waals surface area contributed by atoms with E-state index in [1.807, 2.05) is 19.1 Å². The Kier molecular flexibility index (Phi) is 5.49. The third-order valence-corrected chi connectivity index (χ3v) is 3.05. The number of hydrogen-bond donors (Lipinski definition) is 2. The SMILES string of the molecule is CCCNc1nc(C)cc(NCCc2ccccc2F)n1. The highest BCUT2D eigenvalue weighted by Crippen LogP contribution is 2.11. The van der Waals surface area contributed by atoms with Crippen LogP contribution >= 0.6 is 0 Å². The van der Waals surface area contributed by atoms with Crippen LogP contribution in [0, 0.1) is 12.7 Å². The standard InChI is InChI=1S/C16H21FN4/c1-3-9-19-16-20-12(2)11-15(21-16)18-10-8-13-6-4-5-7-14(13)17/h4-7,11H,3,8-10H2,1-2H3,(H2,18,19,20,21). The smallest absolute Gasteiger partial charge is 0.224 e. The van der Waals surface area contributed by atoms with Crippen LogP contribution in [0.25, 0.3) is 0 Å². The molecule has 0 bridgehead atoms. The molecule has 1 heterocycles. The summed E-state index contributed by atoms with van der Waals surface area (Å²) in [5.74, 6) is 1.23. The number of aromatic nitrogens is 2. The minimum Gasteiger partial charge on any atom is -0.370 e. The van der Waals surface area contributed by atoms with E-state index >= 15 is 0 Å². The fourth-order valence-electron chi connectivity index (χ4n) is 2.00. The molecule has 112 valence electrons. The molecule has 0 saturated carbocycles. The van der Waals surface area contributed by atoms with Crippen molar-refractivity contribution in [2.45, 2.75) is 26.7 Å². The van der Waals surface area contributed by atoms with Crippen LogP contribution in [0.1, 0.15) is 24.6 Å². The van der Waals surface area contributed by atoms with E-state index in [0.29, 0.717) is 24.5 Å². The van der Waals surface area contributed by atoms with Crippen molar-refractivity contribution in [3.05, 3.63) is 47.4 Å². The molecule has 2 rings (SSSR count). The molecular weight excluding hydrogens is 267 g/mol. The molecule has 0 unspecified atom stereocenters. The highest BCUT2D eigenvalue weighted by atomic mass is 19.1. The van der Waals surface area contributed by atoms with E-state index in [1.54, 1.807) is 12.1 Å². The van der Waals surface area contributed by atoms with E-state index in [0.717, 1.165) is 24.5 Å². The summed E-state index contributed by atoms with van der Waals surface area (Å²) in [4.78, 5) is 8.73. The zero-order chi connectivity index (χ0) is 15.1. The molecule has 0 radical (unpaired) electrons. The molecule has 21 heavy (non-hydrogen) atoms. The summed E-state index contributed by atoms with van der Waals surface area (Å²) in [6.45, 7) is 5.50. The van der Waals surface area contributed by atoms with Crippen LogP contribution in [0.3, 0.4) is 0 Å². The summed E-state index contributed by atoms with van der Waals surface area (Å²) in [5.41, 5.74) is 1.61.